The molecule has 0 atom stereocenters. The number of hydrogen-bond donors (Lipinski definition) is 0. The van der Waals surface area contributed by atoms with Crippen molar-refractivity contribution < 1.29 is 4.79 Å². The topological polar surface area (TPSA) is 46.1 Å². The largest absolute Gasteiger partial charge is 0.340 e. The number of benzene rings is 1. The molecule has 2 heterocycles. The molecule has 4 nitrogen and oxygen atoms in total. The van der Waals surface area contributed by atoms with Crippen LogP contribution in [0.3, 0.4) is 0 Å². The Morgan fingerprint density at radius 3 is 2.45 bits per heavy atom. The molecule has 1 saturated heterocycles. The maximum atomic E-state index is 11.3. The molecule has 3 rings (SSSR count). The highest BCUT2D eigenvalue weighted by Gasteiger charge is 2.19. The van der Waals surface area contributed by atoms with E-state index in [0.29, 0.717) is 18.6 Å². The molecule has 0 bridgehead atoms. The molecule has 1 fully saturated rings. The molecule has 0 N–H and O–H groups in total. The summed E-state index contributed by atoms with van der Waals surface area (Å²) in [7, 11) is 0. The highest BCUT2D eigenvalue weighted by Crippen LogP contribution is 2.21. The number of carbonyl (C=O) groups is 1. The Morgan fingerprint density at radius 1 is 1.05 bits per heavy atom. The summed E-state index contributed by atoms with van der Waals surface area (Å²) in [5.74, 6) is 1.06. The molecule has 1 aliphatic rings. The van der Waals surface area contributed by atoms with Crippen LogP contribution in [0.2, 0.25) is 0 Å². The molecule has 0 saturated carbocycles. The van der Waals surface area contributed by atoms with Crippen molar-refractivity contribution in [3.8, 4) is 11.3 Å². The minimum atomic E-state index is 0.331. The van der Waals surface area contributed by atoms with Crippen LogP contribution in [-0.4, -0.2) is 28.8 Å². The summed E-state index contributed by atoms with van der Waals surface area (Å²) in [6.45, 7) is 3.42. The molecule has 0 unspecified atom stereocenters. The van der Waals surface area contributed by atoms with Gasteiger partial charge in [0, 0.05) is 37.2 Å². The summed E-state index contributed by atoms with van der Waals surface area (Å²) in [4.78, 5) is 22.6. The Hall–Kier alpha value is -2.23. The van der Waals surface area contributed by atoms with E-state index in [1.807, 2.05) is 43.3 Å². The summed E-state index contributed by atoms with van der Waals surface area (Å²) < 4.78 is 0. The smallest absolute Gasteiger partial charge is 0.226 e. The quantitative estimate of drug-likeness (QED) is 0.839. The van der Waals surface area contributed by atoms with E-state index in [9.17, 15) is 4.79 Å². The summed E-state index contributed by atoms with van der Waals surface area (Å²) in [5.41, 5.74) is 2.98. The molecular formula is C16H17N3O. The monoisotopic (exact) mass is 267 g/mol. The maximum Gasteiger partial charge on any atom is 0.226 e. The second-order valence-corrected chi connectivity index (χ2v) is 5.09. The van der Waals surface area contributed by atoms with Crippen LogP contribution in [0.5, 0.6) is 0 Å². The van der Waals surface area contributed by atoms with Gasteiger partial charge >= 0.3 is 0 Å². The number of anilines is 1. The van der Waals surface area contributed by atoms with E-state index in [-0.39, 0.29) is 0 Å². The fraction of sp³-hybridized carbons (Fsp3) is 0.312. The van der Waals surface area contributed by atoms with Gasteiger partial charge < -0.3 is 4.90 Å². The van der Waals surface area contributed by atoms with Gasteiger partial charge in [-0.1, -0.05) is 30.3 Å². The zero-order chi connectivity index (χ0) is 13.9. The Kier molecular flexibility index (Phi) is 3.46. The molecule has 0 amide bonds. The molecule has 2 aromatic rings. The van der Waals surface area contributed by atoms with Gasteiger partial charge in [-0.2, -0.15) is 0 Å². The Balaban J connectivity index is 1.93. The third-order valence-electron chi connectivity index (χ3n) is 3.52. The number of ketones is 1. The number of aryl methyl sites for hydroxylation is 1. The van der Waals surface area contributed by atoms with Crippen LogP contribution in [0, 0.1) is 6.92 Å². The molecule has 102 valence electrons. The third kappa shape index (κ3) is 2.69. The van der Waals surface area contributed by atoms with Crippen molar-refractivity contribution in [3.63, 3.8) is 0 Å². The van der Waals surface area contributed by atoms with Gasteiger partial charge in [-0.3, -0.25) is 4.79 Å². The maximum absolute atomic E-state index is 11.3. The Labute approximate surface area is 118 Å². The van der Waals surface area contributed by atoms with Gasteiger partial charge in [0.1, 0.15) is 5.78 Å². The molecule has 4 heteroatoms. The fourth-order valence-corrected chi connectivity index (χ4v) is 2.41. The van der Waals surface area contributed by atoms with Crippen molar-refractivity contribution in [2.45, 2.75) is 19.8 Å². The molecule has 0 spiro atoms. The van der Waals surface area contributed by atoms with Crippen molar-refractivity contribution >= 4 is 11.7 Å². The van der Waals surface area contributed by atoms with E-state index in [1.165, 1.54) is 0 Å². The first-order valence-corrected chi connectivity index (χ1v) is 6.90. The standard InChI is InChI=1S/C16H17N3O/c1-12-11-15(13-5-3-2-4-6-13)18-16(17-12)19-9-7-14(20)8-10-19/h2-6,11H,7-10H2,1H3. The minimum Gasteiger partial charge on any atom is -0.340 e. The summed E-state index contributed by atoms with van der Waals surface area (Å²) >= 11 is 0. The van der Waals surface area contributed by atoms with Gasteiger partial charge in [-0.25, -0.2) is 9.97 Å². The number of aromatic nitrogens is 2. The number of rotatable bonds is 2. The van der Waals surface area contributed by atoms with Gasteiger partial charge in [-0.15, -0.1) is 0 Å². The lowest BCUT2D eigenvalue weighted by atomic mass is 10.1. The fourth-order valence-electron chi connectivity index (χ4n) is 2.41. The summed E-state index contributed by atoms with van der Waals surface area (Å²) in [6.07, 6.45) is 1.19. The zero-order valence-electron chi connectivity index (χ0n) is 11.5. The molecule has 0 aliphatic carbocycles. The van der Waals surface area contributed by atoms with E-state index < -0.39 is 0 Å². The summed E-state index contributed by atoms with van der Waals surface area (Å²) in [6, 6.07) is 12.1. The highest BCUT2D eigenvalue weighted by molar-refractivity contribution is 5.80. The number of piperidine rings is 1. The lowest BCUT2D eigenvalue weighted by Crippen LogP contribution is -2.35. The van der Waals surface area contributed by atoms with Crippen molar-refractivity contribution in [1.82, 2.24) is 9.97 Å². The molecule has 1 aromatic heterocycles. The van der Waals surface area contributed by atoms with Crippen LogP contribution in [-0.2, 0) is 4.79 Å². The molecule has 20 heavy (non-hydrogen) atoms. The van der Waals surface area contributed by atoms with E-state index >= 15 is 0 Å². The molecule has 1 aliphatic heterocycles. The van der Waals surface area contributed by atoms with E-state index in [4.69, 9.17) is 0 Å². The average molecular weight is 267 g/mol. The predicted octanol–water partition coefficient (Wildman–Crippen LogP) is 2.62. The van der Waals surface area contributed by atoms with Crippen LogP contribution in [0.1, 0.15) is 18.5 Å². The van der Waals surface area contributed by atoms with Crippen LogP contribution < -0.4 is 4.90 Å². The number of nitrogens with zero attached hydrogens (tertiary/aromatic N) is 3. The van der Waals surface area contributed by atoms with Gasteiger partial charge in [-0.05, 0) is 13.0 Å². The van der Waals surface area contributed by atoms with E-state index in [1.54, 1.807) is 0 Å². The SMILES string of the molecule is Cc1cc(-c2ccccc2)nc(N2CCC(=O)CC2)n1. The lowest BCUT2D eigenvalue weighted by molar-refractivity contribution is -0.119. The van der Waals surface area contributed by atoms with E-state index in [2.05, 4.69) is 14.9 Å². The Bertz CT molecular complexity index is 615. The van der Waals surface area contributed by atoms with Crippen molar-refractivity contribution in [2.75, 3.05) is 18.0 Å². The number of Topliss-reactive ketones (excluding diaryl/α,β-unsaturated/α-hetero) is 1. The Morgan fingerprint density at radius 2 is 1.75 bits per heavy atom. The lowest BCUT2D eigenvalue weighted by Gasteiger charge is -2.26. The first-order valence-electron chi connectivity index (χ1n) is 6.90. The predicted molar refractivity (Wildman–Crippen MR) is 78.7 cm³/mol. The second-order valence-electron chi connectivity index (χ2n) is 5.09. The van der Waals surface area contributed by atoms with Crippen molar-refractivity contribution in [3.05, 3.63) is 42.1 Å². The van der Waals surface area contributed by atoms with Crippen molar-refractivity contribution in [2.24, 2.45) is 0 Å². The van der Waals surface area contributed by atoms with Gasteiger partial charge in [0.05, 0.1) is 5.69 Å². The first kappa shape index (κ1) is 12.8. The van der Waals surface area contributed by atoms with Gasteiger partial charge in [0.25, 0.3) is 0 Å². The highest BCUT2D eigenvalue weighted by atomic mass is 16.1. The van der Waals surface area contributed by atoms with E-state index in [0.717, 1.165) is 36.0 Å². The first-order chi connectivity index (χ1) is 9.72. The normalized spacial score (nSPS) is 15.4. The van der Waals surface area contributed by atoms with Crippen LogP contribution in [0.4, 0.5) is 5.95 Å². The molecule has 0 radical (unpaired) electrons. The van der Waals surface area contributed by atoms with Gasteiger partial charge in [0.15, 0.2) is 0 Å². The van der Waals surface area contributed by atoms with Crippen LogP contribution in [0.15, 0.2) is 36.4 Å². The molecular weight excluding hydrogens is 250 g/mol. The van der Waals surface area contributed by atoms with Gasteiger partial charge in [0.2, 0.25) is 5.95 Å². The van der Waals surface area contributed by atoms with Crippen molar-refractivity contribution in [1.29, 1.82) is 0 Å². The van der Waals surface area contributed by atoms with Crippen LogP contribution in [0.25, 0.3) is 11.3 Å². The van der Waals surface area contributed by atoms with Crippen LogP contribution >= 0.6 is 0 Å². The zero-order valence-corrected chi connectivity index (χ0v) is 11.5. The minimum absolute atomic E-state index is 0.331. The second kappa shape index (κ2) is 5.41. The summed E-state index contributed by atoms with van der Waals surface area (Å²) in [5, 5.41) is 0. The third-order valence-corrected chi connectivity index (χ3v) is 3.52. The number of hydrogen-bond acceptors (Lipinski definition) is 4. The average Bonchev–Trinajstić information content (AvgIpc) is 2.48. The molecule has 1 aromatic carbocycles. The number of carbonyl (C=O) groups excluding carboxylic acids is 1.